The summed E-state index contributed by atoms with van der Waals surface area (Å²) in [5, 5.41) is 7.44. The van der Waals surface area contributed by atoms with E-state index >= 15 is 0 Å². The second-order valence-corrected chi connectivity index (χ2v) is 9.71. The molecule has 1 atom stereocenters. The molecular weight excluding hydrogens is 492 g/mol. The SMILES string of the molecule is CCOP(=O)(OCC)C(Nc1ccc(F)c(F)c1F)c1cn(-c2ccccc2)nc1-c1ccncc1. The molecule has 0 bridgehead atoms. The molecule has 188 valence electrons. The van der Waals surface area contributed by atoms with Gasteiger partial charge >= 0.3 is 7.60 Å². The number of halogens is 3. The molecule has 0 aliphatic heterocycles. The first kappa shape index (κ1) is 25.6. The van der Waals surface area contributed by atoms with E-state index in [1.54, 1.807) is 49.3 Å². The summed E-state index contributed by atoms with van der Waals surface area (Å²) < 4.78 is 69.2. The van der Waals surface area contributed by atoms with Gasteiger partial charge < -0.3 is 14.4 Å². The molecule has 0 spiro atoms. The van der Waals surface area contributed by atoms with Gasteiger partial charge in [-0.3, -0.25) is 9.55 Å². The van der Waals surface area contributed by atoms with Crippen LogP contribution in [0.3, 0.4) is 0 Å². The molecule has 7 nitrogen and oxygen atoms in total. The highest BCUT2D eigenvalue weighted by Gasteiger charge is 2.40. The van der Waals surface area contributed by atoms with Crippen molar-refractivity contribution in [2.75, 3.05) is 18.5 Å². The third-order valence-electron chi connectivity index (χ3n) is 5.27. The monoisotopic (exact) mass is 516 g/mol. The lowest BCUT2D eigenvalue weighted by Gasteiger charge is -2.28. The fourth-order valence-electron chi connectivity index (χ4n) is 3.69. The van der Waals surface area contributed by atoms with E-state index in [1.165, 1.54) is 0 Å². The van der Waals surface area contributed by atoms with Crippen LogP contribution in [0.4, 0.5) is 18.9 Å². The van der Waals surface area contributed by atoms with E-state index < -0.39 is 36.5 Å². The van der Waals surface area contributed by atoms with Crippen LogP contribution in [-0.2, 0) is 13.6 Å². The normalized spacial score (nSPS) is 12.5. The van der Waals surface area contributed by atoms with Crippen molar-refractivity contribution in [3.05, 3.63) is 96.2 Å². The van der Waals surface area contributed by atoms with Crippen molar-refractivity contribution in [1.82, 2.24) is 14.8 Å². The standard InChI is InChI=1S/C25H24F3N4O3P/c1-3-34-36(33,35-4-2)25(30-21-11-10-20(26)22(27)23(21)28)19-16-32(18-8-6-5-7-9-18)31-24(19)17-12-14-29-15-13-17/h5-16,25,30H,3-4H2,1-2H3. The number of para-hydroxylation sites is 1. The number of aromatic nitrogens is 3. The Morgan fingerprint density at radius 1 is 0.944 bits per heavy atom. The number of pyridine rings is 1. The van der Waals surface area contributed by atoms with Gasteiger partial charge in [-0.25, -0.2) is 17.9 Å². The summed E-state index contributed by atoms with van der Waals surface area (Å²) in [6.45, 7) is 3.32. The number of benzene rings is 2. The molecule has 0 saturated carbocycles. The number of nitrogens with zero attached hydrogens (tertiary/aromatic N) is 3. The van der Waals surface area contributed by atoms with E-state index in [2.05, 4.69) is 15.4 Å². The molecular formula is C25H24F3N4O3P. The minimum Gasteiger partial charge on any atom is -0.365 e. The van der Waals surface area contributed by atoms with Crippen molar-refractivity contribution < 1.29 is 26.8 Å². The topological polar surface area (TPSA) is 78.3 Å². The fraction of sp³-hybridized carbons (Fsp3) is 0.200. The highest BCUT2D eigenvalue weighted by Crippen LogP contribution is 2.62. The lowest BCUT2D eigenvalue weighted by molar-refractivity contribution is 0.214. The Morgan fingerprint density at radius 3 is 2.25 bits per heavy atom. The Kier molecular flexibility index (Phi) is 7.88. The maximum absolute atomic E-state index is 14.7. The van der Waals surface area contributed by atoms with Crippen molar-refractivity contribution in [3.8, 4) is 16.9 Å². The lowest BCUT2D eigenvalue weighted by atomic mass is 10.1. The molecule has 2 aromatic carbocycles. The van der Waals surface area contributed by atoms with Crippen LogP contribution in [0, 0.1) is 17.5 Å². The number of hydrogen-bond acceptors (Lipinski definition) is 6. The molecule has 0 aliphatic carbocycles. The minimum absolute atomic E-state index is 0.0210. The maximum atomic E-state index is 14.7. The minimum atomic E-state index is -4.05. The van der Waals surface area contributed by atoms with Gasteiger partial charge in [0.25, 0.3) is 0 Å². The fourth-order valence-corrected chi connectivity index (χ4v) is 5.61. The average molecular weight is 516 g/mol. The summed E-state index contributed by atoms with van der Waals surface area (Å²) in [6, 6.07) is 14.4. The molecule has 0 aliphatic rings. The van der Waals surface area contributed by atoms with Crippen LogP contribution < -0.4 is 5.32 Å². The van der Waals surface area contributed by atoms with Crippen LogP contribution in [0.15, 0.2) is 73.2 Å². The summed E-state index contributed by atoms with van der Waals surface area (Å²) in [6.07, 6.45) is 4.76. The molecule has 4 rings (SSSR count). The molecule has 0 fully saturated rings. The van der Waals surface area contributed by atoms with Crippen LogP contribution >= 0.6 is 7.60 Å². The zero-order valence-corrected chi connectivity index (χ0v) is 20.5. The number of rotatable bonds is 10. The Labute approximate surface area is 206 Å². The van der Waals surface area contributed by atoms with Gasteiger partial charge in [0.2, 0.25) is 0 Å². The lowest BCUT2D eigenvalue weighted by Crippen LogP contribution is -2.17. The molecule has 36 heavy (non-hydrogen) atoms. The molecule has 4 aromatic rings. The molecule has 0 saturated heterocycles. The maximum Gasteiger partial charge on any atom is 0.357 e. The van der Waals surface area contributed by atoms with Crippen LogP contribution in [0.5, 0.6) is 0 Å². The second kappa shape index (κ2) is 11.1. The van der Waals surface area contributed by atoms with Crippen molar-refractivity contribution in [1.29, 1.82) is 0 Å². The quantitative estimate of drug-likeness (QED) is 0.186. The summed E-state index contributed by atoms with van der Waals surface area (Å²) >= 11 is 0. The van der Waals surface area contributed by atoms with E-state index in [0.29, 0.717) is 22.5 Å². The smallest absolute Gasteiger partial charge is 0.357 e. The van der Waals surface area contributed by atoms with Crippen LogP contribution in [0.25, 0.3) is 16.9 Å². The first-order chi connectivity index (χ1) is 17.4. The van der Waals surface area contributed by atoms with Gasteiger partial charge in [0, 0.05) is 29.7 Å². The van der Waals surface area contributed by atoms with Crippen molar-refractivity contribution in [2.24, 2.45) is 0 Å². The van der Waals surface area contributed by atoms with E-state index in [0.717, 1.165) is 12.1 Å². The number of nitrogens with one attached hydrogen (secondary N) is 1. The van der Waals surface area contributed by atoms with Crippen LogP contribution in [0.1, 0.15) is 25.2 Å². The van der Waals surface area contributed by atoms with Gasteiger partial charge in [-0.15, -0.1) is 0 Å². The zero-order chi connectivity index (χ0) is 25.7. The molecule has 1 N–H and O–H groups in total. The van der Waals surface area contributed by atoms with Crippen molar-refractivity contribution in [2.45, 2.75) is 19.6 Å². The average Bonchev–Trinajstić information content (AvgIpc) is 3.33. The van der Waals surface area contributed by atoms with Crippen molar-refractivity contribution >= 4 is 13.3 Å². The van der Waals surface area contributed by atoms with Gasteiger partial charge in [0.1, 0.15) is 0 Å². The second-order valence-electron chi connectivity index (χ2n) is 7.59. The van der Waals surface area contributed by atoms with Gasteiger partial charge in [0.05, 0.1) is 30.3 Å². The summed E-state index contributed by atoms with van der Waals surface area (Å²) in [7, 11) is -4.05. The first-order valence-corrected chi connectivity index (χ1v) is 12.8. The molecule has 0 amide bonds. The van der Waals surface area contributed by atoms with Crippen LogP contribution in [0.2, 0.25) is 0 Å². The number of hydrogen-bond donors (Lipinski definition) is 1. The van der Waals surface area contributed by atoms with E-state index in [-0.39, 0.29) is 13.2 Å². The van der Waals surface area contributed by atoms with Crippen molar-refractivity contribution in [3.63, 3.8) is 0 Å². The molecule has 1 unspecified atom stereocenters. The van der Waals surface area contributed by atoms with E-state index in [9.17, 15) is 17.7 Å². The Morgan fingerprint density at radius 2 is 1.61 bits per heavy atom. The molecule has 11 heteroatoms. The van der Waals surface area contributed by atoms with Gasteiger partial charge in [-0.2, -0.15) is 5.10 Å². The van der Waals surface area contributed by atoms with Gasteiger partial charge in [0.15, 0.2) is 23.2 Å². The zero-order valence-electron chi connectivity index (χ0n) is 19.6. The largest absolute Gasteiger partial charge is 0.365 e. The summed E-state index contributed by atoms with van der Waals surface area (Å²) in [4.78, 5) is 4.03. The third kappa shape index (κ3) is 5.21. The van der Waals surface area contributed by atoms with Crippen LogP contribution in [-0.4, -0.2) is 28.0 Å². The van der Waals surface area contributed by atoms with E-state index in [1.807, 2.05) is 30.3 Å². The summed E-state index contributed by atoms with van der Waals surface area (Å²) in [5.74, 6) is -5.78. The highest BCUT2D eigenvalue weighted by atomic mass is 31.2. The molecule has 2 heterocycles. The third-order valence-corrected chi connectivity index (χ3v) is 7.55. The predicted molar refractivity (Wildman–Crippen MR) is 130 cm³/mol. The van der Waals surface area contributed by atoms with Gasteiger partial charge in [-0.05, 0) is 50.2 Å². The van der Waals surface area contributed by atoms with E-state index in [4.69, 9.17) is 9.05 Å². The Hall–Kier alpha value is -3.46. The predicted octanol–water partition coefficient (Wildman–Crippen LogP) is 6.73. The Bertz CT molecular complexity index is 1360. The highest BCUT2D eigenvalue weighted by molar-refractivity contribution is 7.54. The first-order valence-electron chi connectivity index (χ1n) is 11.2. The molecule has 2 aromatic heterocycles. The summed E-state index contributed by atoms with van der Waals surface area (Å²) in [5.41, 5.74) is 1.65. The van der Waals surface area contributed by atoms with Gasteiger partial charge in [-0.1, -0.05) is 18.2 Å². The Balaban J connectivity index is 1.94. The number of anilines is 1. The molecule has 0 radical (unpaired) electrons.